The Morgan fingerprint density at radius 2 is 2.04 bits per heavy atom. The SMILES string of the molecule is CC(C)c1cccc(NC(N)=NCc2cccc3c2OCO3)c1. The second-order valence-corrected chi connectivity index (χ2v) is 5.76. The molecule has 5 nitrogen and oxygen atoms in total. The van der Waals surface area contributed by atoms with Crippen LogP contribution in [0.3, 0.4) is 0 Å². The van der Waals surface area contributed by atoms with E-state index in [0.29, 0.717) is 18.4 Å². The minimum atomic E-state index is 0.256. The van der Waals surface area contributed by atoms with E-state index in [9.17, 15) is 0 Å². The molecule has 0 atom stereocenters. The van der Waals surface area contributed by atoms with Crippen molar-refractivity contribution in [1.29, 1.82) is 0 Å². The fraction of sp³-hybridized carbons (Fsp3) is 0.278. The van der Waals surface area contributed by atoms with Crippen molar-refractivity contribution in [2.24, 2.45) is 10.7 Å². The topological polar surface area (TPSA) is 68.9 Å². The molecule has 0 aliphatic carbocycles. The summed E-state index contributed by atoms with van der Waals surface area (Å²) in [7, 11) is 0. The number of aliphatic imine (C=N–C) groups is 1. The minimum Gasteiger partial charge on any atom is -0.454 e. The quantitative estimate of drug-likeness (QED) is 0.670. The lowest BCUT2D eigenvalue weighted by Gasteiger charge is -2.10. The summed E-state index contributed by atoms with van der Waals surface area (Å²) in [5.41, 5.74) is 9.15. The van der Waals surface area contributed by atoms with Gasteiger partial charge in [-0.3, -0.25) is 0 Å². The molecule has 1 aliphatic heterocycles. The van der Waals surface area contributed by atoms with Crippen molar-refractivity contribution < 1.29 is 9.47 Å². The first-order chi connectivity index (χ1) is 11.1. The summed E-state index contributed by atoms with van der Waals surface area (Å²) in [5.74, 6) is 2.36. The van der Waals surface area contributed by atoms with E-state index in [0.717, 1.165) is 22.7 Å². The lowest BCUT2D eigenvalue weighted by molar-refractivity contribution is 0.173. The van der Waals surface area contributed by atoms with Crippen LogP contribution in [0.4, 0.5) is 5.69 Å². The molecule has 0 amide bonds. The molecule has 1 heterocycles. The van der Waals surface area contributed by atoms with Crippen molar-refractivity contribution in [2.75, 3.05) is 12.1 Å². The first-order valence-electron chi connectivity index (χ1n) is 7.68. The number of ether oxygens (including phenoxy) is 2. The maximum absolute atomic E-state index is 5.99. The minimum absolute atomic E-state index is 0.256. The van der Waals surface area contributed by atoms with Gasteiger partial charge in [-0.05, 0) is 29.7 Å². The molecule has 3 rings (SSSR count). The zero-order chi connectivity index (χ0) is 16.2. The predicted molar refractivity (Wildman–Crippen MR) is 92.0 cm³/mol. The predicted octanol–water partition coefficient (Wildman–Crippen LogP) is 3.47. The van der Waals surface area contributed by atoms with Gasteiger partial charge in [0.25, 0.3) is 0 Å². The third-order valence-corrected chi connectivity index (χ3v) is 3.72. The summed E-state index contributed by atoms with van der Waals surface area (Å²) < 4.78 is 10.8. The molecule has 5 heteroatoms. The van der Waals surface area contributed by atoms with Gasteiger partial charge < -0.3 is 20.5 Å². The van der Waals surface area contributed by atoms with Crippen LogP contribution in [0.25, 0.3) is 0 Å². The lowest BCUT2D eigenvalue weighted by atomic mass is 10.0. The molecule has 3 N–H and O–H groups in total. The number of nitrogens with two attached hydrogens (primary N) is 1. The van der Waals surface area contributed by atoms with Crippen LogP contribution < -0.4 is 20.5 Å². The lowest BCUT2D eigenvalue weighted by Crippen LogP contribution is -2.22. The van der Waals surface area contributed by atoms with Crippen molar-refractivity contribution in [3.63, 3.8) is 0 Å². The van der Waals surface area contributed by atoms with Crippen LogP contribution >= 0.6 is 0 Å². The number of benzene rings is 2. The molecule has 23 heavy (non-hydrogen) atoms. The van der Waals surface area contributed by atoms with Crippen LogP contribution in [-0.2, 0) is 6.54 Å². The third-order valence-electron chi connectivity index (χ3n) is 3.72. The van der Waals surface area contributed by atoms with E-state index in [1.165, 1.54) is 5.56 Å². The molecule has 0 radical (unpaired) electrons. The van der Waals surface area contributed by atoms with E-state index in [2.05, 4.69) is 36.3 Å². The van der Waals surface area contributed by atoms with E-state index in [-0.39, 0.29) is 6.79 Å². The van der Waals surface area contributed by atoms with Gasteiger partial charge in [-0.15, -0.1) is 0 Å². The van der Waals surface area contributed by atoms with Crippen LogP contribution in [0, 0.1) is 0 Å². The van der Waals surface area contributed by atoms with Gasteiger partial charge in [0.15, 0.2) is 17.5 Å². The summed E-state index contributed by atoms with van der Waals surface area (Å²) in [6.07, 6.45) is 0. The molecule has 0 unspecified atom stereocenters. The molecule has 0 bridgehead atoms. The molecule has 2 aromatic carbocycles. The van der Waals surface area contributed by atoms with Gasteiger partial charge in [-0.2, -0.15) is 0 Å². The highest BCUT2D eigenvalue weighted by Crippen LogP contribution is 2.35. The number of para-hydroxylation sites is 1. The molecule has 0 fully saturated rings. The van der Waals surface area contributed by atoms with Crippen molar-refractivity contribution in [3.8, 4) is 11.5 Å². The van der Waals surface area contributed by atoms with Gasteiger partial charge in [-0.25, -0.2) is 4.99 Å². The van der Waals surface area contributed by atoms with Crippen LogP contribution in [0.5, 0.6) is 11.5 Å². The smallest absolute Gasteiger partial charge is 0.231 e. The van der Waals surface area contributed by atoms with Gasteiger partial charge in [0.05, 0.1) is 6.54 Å². The number of anilines is 1. The normalized spacial score (nSPS) is 13.4. The molecule has 1 aliphatic rings. The summed E-state index contributed by atoms with van der Waals surface area (Å²) in [5, 5.41) is 3.13. The standard InChI is InChI=1S/C18H21N3O2/c1-12(2)13-5-3-7-15(9-13)21-18(19)20-10-14-6-4-8-16-17(14)23-11-22-16/h3-9,12H,10-11H2,1-2H3,(H3,19,20,21). The van der Waals surface area contributed by atoms with Crippen molar-refractivity contribution in [2.45, 2.75) is 26.3 Å². The molecule has 0 saturated carbocycles. The highest BCUT2D eigenvalue weighted by Gasteiger charge is 2.16. The zero-order valence-electron chi connectivity index (χ0n) is 13.4. The van der Waals surface area contributed by atoms with E-state index in [4.69, 9.17) is 15.2 Å². The molecular weight excluding hydrogens is 290 g/mol. The van der Waals surface area contributed by atoms with Crippen molar-refractivity contribution >= 4 is 11.6 Å². The summed E-state index contributed by atoms with van der Waals surface area (Å²) in [4.78, 5) is 4.39. The Morgan fingerprint density at radius 3 is 2.87 bits per heavy atom. The largest absolute Gasteiger partial charge is 0.454 e. The summed E-state index contributed by atoms with van der Waals surface area (Å²) in [6, 6.07) is 14.0. The maximum atomic E-state index is 5.99. The molecule has 0 saturated heterocycles. The van der Waals surface area contributed by atoms with Gasteiger partial charge in [0.2, 0.25) is 6.79 Å². The number of guanidine groups is 1. The summed E-state index contributed by atoms with van der Waals surface area (Å²) in [6.45, 7) is 5.02. The number of hydrogen-bond acceptors (Lipinski definition) is 3. The van der Waals surface area contributed by atoms with Gasteiger partial charge in [0, 0.05) is 11.3 Å². The van der Waals surface area contributed by atoms with Crippen molar-refractivity contribution in [3.05, 3.63) is 53.6 Å². The maximum Gasteiger partial charge on any atom is 0.231 e. The van der Waals surface area contributed by atoms with Crippen LogP contribution in [0.2, 0.25) is 0 Å². The summed E-state index contributed by atoms with van der Waals surface area (Å²) >= 11 is 0. The first kappa shape index (κ1) is 15.2. The second kappa shape index (κ2) is 6.60. The van der Waals surface area contributed by atoms with Crippen LogP contribution in [-0.4, -0.2) is 12.8 Å². The third kappa shape index (κ3) is 3.56. The molecular formula is C18H21N3O2. The van der Waals surface area contributed by atoms with E-state index in [1.807, 2.05) is 30.3 Å². The van der Waals surface area contributed by atoms with Gasteiger partial charge in [0.1, 0.15) is 0 Å². The highest BCUT2D eigenvalue weighted by atomic mass is 16.7. The average molecular weight is 311 g/mol. The first-order valence-corrected chi connectivity index (χ1v) is 7.68. The Hall–Kier alpha value is -2.69. The molecule has 120 valence electrons. The van der Waals surface area contributed by atoms with Gasteiger partial charge >= 0.3 is 0 Å². The number of hydrogen-bond donors (Lipinski definition) is 2. The molecule has 0 aromatic heterocycles. The fourth-order valence-electron chi connectivity index (χ4n) is 2.45. The van der Waals surface area contributed by atoms with E-state index in [1.54, 1.807) is 0 Å². The van der Waals surface area contributed by atoms with Crippen molar-refractivity contribution in [1.82, 2.24) is 0 Å². The number of fused-ring (bicyclic) bond motifs is 1. The van der Waals surface area contributed by atoms with Crippen LogP contribution in [0.15, 0.2) is 47.5 Å². The van der Waals surface area contributed by atoms with Gasteiger partial charge in [-0.1, -0.05) is 38.1 Å². The Labute approximate surface area is 136 Å². The highest BCUT2D eigenvalue weighted by molar-refractivity contribution is 5.92. The Balaban J connectivity index is 1.69. The molecule has 2 aromatic rings. The Morgan fingerprint density at radius 1 is 1.22 bits per heavy atom. The second-order valence-electron chi connectivity index (χ2n) is 5.76. The number of nitrogens with one attached hydrogen (secondary N) is 1. The molecule has 0 spiro atoms. The van der Waals surface area contributed by atoms with E-state index >= 15 is 0 Å². The zero-order valence-corrected chi connectivity index (χ0v) is 13.4. The Bertz CT molecular complexity index is 726. The Kier molecular flexibility index (Phi) is 4.37. The van der Waals surface area contributed by atoms with Crippen LogP contribution in [0.1, 0.15) is 30.9 Å². The number of nitrogens with zero attached hydrogens (tertiary/aromatic N) is 1. The monoisotopic (exact) mass is 311 g/mol. The van der Waals surface area contributed by atoms with E-state index < -0.39 is 0 Å². The number of rotatable bonds is 4. The average Bonchev–Trinajstić information content (AvgIpc) is 3.02. The fourth-order valence-corrected chi connectivity index (χ4v) is 2.45.